The number of fused-ring (bicyclic) bond motifs is 1. The summed E-state index contributed by atoms with van der Waals surface area (Å²) in [6.07, 6.45) is 1.88. The van der Waals surface area contributed by atoms with Gasteiger partial charge < -0.3 is 19.8 Å². The predicted octanol–water partition coefficient (Wildman–Crippen LogP) is 3.57. The van der Waals surface area contributed by atoms with Gasteiger partial charge in [0, 0.05) is 23.1 Å². The zero-order chi connectivity index (χ0) is 19.1. The summed E-state index contributed by atoms with van der Waals surface area (Å²) >= 11 is 0. The number of hydrogen-bond acceptors (Lipinski definition) is 4. The van der Waals surface area contributed by atoms with E-state index in [4.69, 9.17) is 9.47 Å². The van der Waals surface area contributed by atoms with Gasteiger partial charge in [-0.3, -0.25) is 4.79 Å². The molecule has 0 fully saturated rings. The second-order valence-corrected chi connectivity index (χ2v) is 6.25. The van der Waals surface area contributed by atoms with Crippen LogP contribution in [-0.2, 0) is 27.3 Å². The van der Waals surface area contributed by atoms with Crippen LogP contribution in [0.1, 0.15) is 17.5 Å². The molecule has 0 bridgehead atoms. The Morgan fingerprint density at radius 3 is 2.59 bits per heavy atom. The SMILES string of the molecule is COC(=O)CC(Cc1c[nH]c2ccccc12)NC(=O)OCc1ccccc1. The van der Waals surface area contributed by atoms with E-state index in [-0.39, 0.29) is 19.0 Å². The van der Waals surface area contributed by atoms with E-state index < -0.39 is 12.1 Å². The molecular weight excluding hydrogens is 344 g/mol. The molecule has 1 unspecified atom stereocenters. The van der Waals surface area contributed by atoms with Crippen LogP contribution in [0, 0.1) is 0 Å². The van der Waals surface area contributed by atoms with Gasteiger partial charge in [-0.15, -0.1) is 0 Å². The molecule has 0 aliphatic heterocycles. The number of para-hydroxylation sites is 1. The predicted molar refractivity (Wildman–Crippen MR) is 102 cm³/mol. The van der Waals surface area contributed by atoms with Crippen LogP contribution in [0.15, 0.2) is 60.8 Å². The second kappa shape index (κ2) is 8.89. The van der Waals surface area contributed by atoms with Crippen molar-refractivity contribution in [2.45, 2.75) is 25.5 Å². The first-order chi connectivity index (χ1) is 13.2. The molecule has 27 heavy (non-hydrogen) atoms. The van der Waals surface area contributed by atoms with Crippen LogP contribution in [0.5, 0.6) is 0 Å². The molecule has 140 valence electrons. The number of esters is 1. The lowest BCUT2D eigenvalue weighted by atomic mass is 10.0. The van der Waals surface area contributed by atoms with Gasteiger partial charge in [-0.05, 0) is 23.6 Å². The first-order valence-corrected chi connectivity index (χ1v) is 8.74. The molecule has 0 spiro atoms. The standard InChI is InChI=1S/C21H22N2O4/c1-26-20(24)12-17(11-16-13-22-19-10-6-5-9-18(16)19)23-21(25)27-14-15-7-3-2-4-8-15/h2-10,13,17,22H,11-12,14H2,1H3,(H,23,25). The molecule has 1 heterocycles. The van der Waals surface area contributed by atoms with Gasteiger partial charge in [0.2, 0.25) is 0 Å². The van der Waals surface area contributed by atoms with E-state index >= 15 is 0 Å². The van der Waals surface area contributed by atoms with E-state index in [2.05, 4.69) is 10.3 Å². The molecule has 0 aliphatic carbocycles. The van der Waals surface area contributed by atoms with Crippen molar-refractivity contribution in [2.75, 3.05) is 7.11 Å². The van der Waals surface area contributed by atoms with Crippen molar-refractivity contribution in [3.63, 3.8) is 0 Å². The Morgan fingerprint density at radius 1 is 1.07 bits per heavy atom. The number of amides is 1. The van der Waals surface area contributed by atoms with Crippen molar-refractivity contribution in [2.24, 2.45) is 0 Å². The number of aromatic amines is 1. The quantitative estimate of drug-likeness (QED) is 0.627. The van der Waals surface area contributed by atoms with Gasteiger partial charge in [-0.25, -0.2) is 4.79 Å². The van der Waals surface area contributed by atoms with Crippen molar-refractivity contribution in [1.29, 1.82) is 0 Å². The Labute approximate surface area is 157 Å². The molecule has 6 heteroatoms. The third-order valence-electron chi connectivity index (χ3n) is 4.32. The number of carbonyl (C=O) groups is 2. The average Bonchev–Trinajstić information content (AvgIpc) is 3.10. The molecule has 0 aliphatic rings. The molecule has 0 radical (unpaired) electrons. The highest BCUT2D eigenvalue weighted by atomic mass is 16.5. The minimum Gasteiger partial charge on any atom is -0.469 e. The van der Waals surface area contributed by atoms with E-state index in [1.165, 1.54) is 7.11 Å². The summed E-state index contributed by atoms with van der Waals surface area (Å²) in [7, 11) is 1.33. The van der Waals surface area contributed by atoms with Gasteiger partial charge in [-0.2, -0.15) is 0 Å². The Hall–Kier alpha value is -3.28. The Balaban J connectivity index is 1.65. The van der Waals surface area contributed by atoms with Crippen LogP contribution in [-0.4, -0.2) is 30.2 Å². The van der Waals surface area contributed by atoms with E-state index in [9.17, 15) is 9.59 Å². The summed E-state index contributed by atoms with van der Waals surface area (Å²) in [6.45, 7) is 0.171. The zero-order valence-electron chi connectivity index (χ0n) is 15.1. The lowest BCUT2D eigenvalue weighted by Gasteiger charge is -2.17. The van der Waals surface area contributed by atoms with Crippen molar-refractivity contribution in [3.05, 3.63) is 71.9 Å². The Bertz CT molecular complexity index is 905. The highest BCUT2D eigenvalue weighted by molar-refractivity contribution is 5.83. The van der Waals surface area contributed by atoms with Crippen LogP contribution < -0.4 is 5.32 Å². The zero-order valence-corrected chi connectivity index (χ0v) is 15.1. The summed E-state index contributed by atoms with van der Waals surface area (Å²) in [5.74, 6) is -0.386. The number of alkyl carbamates (subject to hydrolysis) is 1. The fourth-order valence-electron chi connectivity index (χ4n) is 2.96. The van der Waals surface area contributed by atoms with E-state index in [0.29, 0.717) is 6.42 Å². The number of aromatic nitrogens is 1. The van der Waals surface area contributed by atoms with Crippen molar-refractivity contribution < 1.29 is 19.1 Å². The van der Waals surface area contributed by atoms with Crippen LogP contribution in [0.3, 0.4) is 0 Å². The van der Waals surface area contributed by atoms with Gasteiger partial charge in [0.25, 0.3) is 0 Å². The number of carbonyl (C=O) groups excluding carboxylic acids is 2. The second-order valence-electron chi connectivity index (χ2n) is 6.25. The third kappa shape index (κ3) is 5.10. The normalized spacial score (nSPS) is 11.7. The van der Waals surface area contributed by atoms with Crippen LogP contribution in [0.25, 0.3) is 10.9 Å². The minimum atomic E-state index is -0.562. The Kier molecular flexibility index (Phi) is 6.10. The van der Waals surface area contributed by atoms with Crippen molar-refractivity contribution in [1.82, 2.24) is 10.3 Å². The number of benzene rings is 2. The summed E-state index contributed by atoms with van der Waals surface area (Å²) in [5, 5.41) is 3.84. The first kappa shape index (κ1) is 18.5. The van der Waals surface area contributed by atoms with Crippen LogP contribution >= 0.6 is 0 Å². The molecule has 2 N–H and O–H groups in total. The van der Waals surface area contributed by atoms with Gasteiger partial charge in [0.1, 0.15) is 6.61 Å². The number of methoxy groups -OCH3 is 1. The molecule has 1 atom stereocenters. The first-order valence-electron chi connectivity index (χ1n) is 8.74. The van der Waals surface area contributed by atoms with Crippen LogP contribution in [0.2, 0.25) is 0 Å². The molecular formula is C21H22N2O4. The summed E-state index contributed by atoms with van der Waals surface area (Å²) in [5.41, 5.74) is 2.92. The highest BCUT2D eigenvalue weighted by Crippen LogP contribution is 2.20. The molecule has 0 saturated heterocycles. The van der Waals surface area contributed by atoms with Gasteiger partial charge in [-0.1, -0.05) is 48.5 Å². The number of nitrogens with one attached hydrogen (secondary N) is 2. The molecule has 3 rings (SSSR count). The summed E-state index contributed by atoms with van der Waals surface area (Å²) < 4.78 is 10.0. The van der Waals surface area contributed by atoms with E-state index in [0.717, 1.165) is 22.0 Å². The fourth-order valence-corrected chi connectivity index (χ4v) is 2.96. The molecule has 0 saturated carbocycles. The maximum atomic E-state index is 12.2. The summed E-state index contributed by atoms with van der Waals surface area (Å²) in [4.78, 5) is 27.1. The molecule has 1 amide bonds. The lowest BCUT2D eigenvalue weighted by molar-refractivity contribution is -0.141. The van der Waals surface area contributed by atoms with Crippen molar-refractivity contribution in [3.8, 4) is 0 Å². The van der Waals surface area contributed by atoms with Crippen molar-refractivity contribution >= 4 is 23.0 Å². The van der Waals surface area contributed by atoms with Crippen LogP contribution in [0.4, 0.5) is 4.79 Å². The molecule has 1 aromatic heterocycles. The van der Waals surface area contributed by atoms with Gasteiger partial charge in [0.15, 0.2) is 0 Å². The highest BCUT2D eigenvalue weighted by Gasteiger charge is 2.20. The topological polar surface area (TPSA) is 80.4 Å². The largest absolute Gasteiger partial charge is 0.469 e. The number of ether oxygens (including phenoxy) is 2. The van der Waals surface area contributed by atoms with E-state index in [1.54, 1.807) is 0 Å². The molecule has 2 aromatic carbocycles. The minimum absolute atomic E-state index is 0.0659. The molecule has 6 nitrogen and oxygen atoms in total. The average molecular weight is 366 g/mol. The van der Waals surface area contributed by atoms with Gasteiger partial charge in [0.05, 0.1) is 13.5 Å². The fraction of sp³-hybridized carbons (Fsp3) is 0.238. The lowest BCUT2D eigenvalue weighted by Crippen LogP contribution is -2.38. The van der Waals surface area contributed by atoms with Gasteiger partial charge >= 0.3 is 12.1 Å². The number of H-pyrrole nitrogens is 1. The smallest absolute Gasteiger partial charge is 0.407 e. The maximum Gasteiger partial charge on any atom is 0.407 e. The Morgan fingerprint density at radius 2 is 1.81 bits per heavy atom. The molecule has 3 aromatic rings. The number of hydrogen-bond donors (Lipinski definition) is 2. The maximum absolute atomic E-state index is 12.2. The number of rotatable bonds is 7. The monoisotopic (exact) mass is 366 g/mol. The third-order valence-corrected chi connectivity index (χ3v) is 4.32. The van der Waals surface area contributed by atoms with E-state index in [1.807, 2.05) is 60.8 Å². The summed E-state index contributed by atoms with van der Waals surface area (Å²) in [6, 6.07) is 16.9.